The largest absolute Gasteiger partial charge is 0.363 e. The number of hydrogen-bond donors (Lipinski definition) is 2. The van der Waals surface area contributed by atoms with Gasteiger partial charge in [0.25, 0.3) is 0 Å². The Morgan fingerprint density at radius 3 is 2.33 bits per heavy atom. The third-order valence-electron chi connectivity index (χ3n) is 2.33. The monoisotopic (exact) mass is 230 g/mol. The van der Waals surface area contributed by atoms with Crippen LogP contribution in [0, 0.1) is 5.92 Å². The van der Waals surface area contributed by atoms with Crippen molar-refractivity contribution in [2.45, 2.75) is 52.9 Å². The van der Waals surface area contributed by atoms with Gasteiger partial charge in [0.2, 0.25) is 0 Å². The summed E-state index contributed by atoms with van der Waals surface area (Å²) in [7, 11) is 0. The van der Waals surface area contributed by atoms with E-state index in [1.807, 2.05) is 0 Å². The highest BCUT2D eigenvalue weighted by Gasteiger charge is 1.95. The topological polar surface area (TPSA) is 24.1 Å². The van der Waals surface area contributed by atoms with Crippen LogP contribution in [0.3, 0.4) is 0 Å². The van der Waals surface area contributed by atoms with Crippen LogP contribution in [0.1, 0.15) is 52.9 Å². The molecule has 15 heavy (non-hydrogen) atoms. The predicted molar refractivity (Wildman–Crippen MR) is 72.2 cm³/mol. The molecule has 0 atom stereocenters. The zero-order valence-electron chi connectivity index (χ0n) is 10.4. The fraction of sp³-hybridized carbons (Fsp3) is 0.917. The van der Waals surface area contributed by atoms with Crippen molar-refractivity contribution < 1.29 is 0 Å². The third-order valence-corrected chi connectivity index (χ3v) is 2.62. The highest BCUT2D eigenvalue weighted by molar-refractivity contribution is 7.80. The summed E-state index contributed by atoms with van der Waals surface area (Å²) in [6.45, 7) is 8.54. The molecule has 0 fully saturated rings. The molecule has 2 nitrogen and oxygen atoms in total. The van der Waals surface area contributed by atoms with Crippen molar-refractivity contribution in [1.82, 2.24) is 10.6 Å². The van der Waals surface area contributed by atoms with Crippen LogP contribution < -0.4 is 10.6 Å². The van der Waals surface area contributed by atoms with Gasteiger partial charge in [-0.1, -0.05) is 39.5 Å². The van der Waals surface area contributed by atoms with Crippen molar-refractivity contribution in [2.75, 3.05) is 13.1 Å². The lowest BCUT2D eigenvalue weighted by molar-refractivity contribution is 0.519. The van der Waals surface area contributed by atoms with Crippen LogP contribution >= 0.6 is 12.2 Å². The van der Waals surface area contributed by atoms with Gasteiger partial charge in [-0.3, -0.25) is 0 Å². The predicted octanol–water partition coefficient (Wildman–Crippen LogP) is 3.08. The first-order chi connectivity index (χ1) is 7.16. The first-order valence-corrected chi connectivity index (χ1v) is 6.59. The molecular weight excluding hydrogens is 204 g/mol. The maximum atomic E-state index is 5.07. The van der Waals surface area contributed by atoms with Gasteiger partial charge in [-0.05, 0) is 31.5 Å². The molecule has 0 spiro atoms. The van der Waals surface area contributed by atoms with Gasteiger partial charge in [0.1, 0.15) is 0 Å². The summed E-state index contributed by atoms with van der Waals surface area (Å²) in [5, 5.41) is 7.08. The van der Waals surface area contributed by atoms with E-state index in [9.17, 15) is 0 Å². The van der Waals surface area contributed by atoms with Gasteiger partial charge in [0.05, 0.1) is 0 Å². The van der Waals surface area contributed by atoms with Gasteiger partial charge >= 0.3 is 0 Å². The van der Waals surface area contributed by atoms with Crippen molar-refractivity contribution in [1.29, 1.82) is 0 Å². The number of hydrogen-bond acceptors (Lipinski definition) is 1. The maximum Gasteiger partial charge on any atom is 0.166 e. The molecular formula is C12H26N2S. The third kappa shape index (κ3) is 11.6. The Morgan fingerprint density at radius 2 is 1.73 bits per heavy atom. The fourth-order valence-electron chi connectivity index (χ4n) is 1.46. The standard InChI is InChI=1S/C12H26N2S/c1-4-13-12(15)14-10-8-6-5-7-9-11(2)3/h11H,4-10H2,1-3H3,(H2,13,14,15). The van der Waals surface area contributed by atoms with Crippen molar-refractivity contribution in [3.05, 3.63) is 0 Å². The second kappa shape index (κ2) is 10.2. The molecule has 0 aliphatic heterocycles. The molecule has 0 aromatic carbocycles. The van der Waals surface area contributed by atoms with Crippen molar-refractivity contribution in [3.8, 4) is 0 Å². The Morgan fingerprint density at radius 1 is 1.07 bits per heavy atom. The average Bonchev–Trinajstić information content (AvgIpc) is 2.16. The van der Waals surface area contributed by atoms with Gasteiger partial charge in [-0.2, -0.15) is 0 Å². The Hall–Kier alpha value is -0.310. The summed E-state index contributed by atoms with van der Waals surface area (Å²) in [4.78, 5) is 0. The Kier molecular flexibility index (Phi) is 10.0. The van der Waals surface area contributed by atoms with Crippen molar-refractivity contribution in [2.24, 2.45) is 5.92 Å². The van der Waals surface area contributed by atoms with Gasteiger partial charge in [0.15, 0.2) is 5.11 Å². The van der Waals surface area contributed by atoms with E-state index in [2.05, 4.69) is 31.4 Å². The highest BCUT2D eigenvalue weighted by atomic mass is 32.1. The number of thiocarbonyl (C=S) groups is 1. The van der Waals surface area contributed by atoms with E-state index >= 15 is 0 Å². The zero-order valence-corrected chi connectivity index (χ0v) is 11.3. The SMILES string of the molecule is CCNC(=S)NCCCCCCC(C)C. The molecule has 0 radical (unpaired) electrons. The molecule has 0 saturated heterocycles. The molecule has 0 unspecified atom stereocenters. The molecule has 90 valence electrons. The second-order valence-electron chi connectivity index (χ2n) is 4.38. The average molecular weight is 230 g/mol. The molecule has 0 amide bonds. The molecule has 0 rings (SSSR count). The summed E-state index contributed by atoms with van der Waals surface area (Å²) < 4.78 is 0. The van der Waals surface area contributed by atoms with Crippen LogP contribution in [0.5, 0.6) is 0 Å². The first-order valence-electron chi connectivity index (χ1n) is 6.18. The minimum absolute atomic E-state index is 0.791. The van der Waals surface area contributed by atoms with Crippen molar-refractivity contribution in [3.63, 3.8) is 0 Å². The van der Waals surface area contributed by atoms with Gasteiger partial charge in [-0.25, -0.2) is 0 Å². The normalized spacial score (nSPS) is 10.4. The minimum Gasteiger partial charge on any atom is -0.363 e. The van der Waals surface area contributed by atoms with E-state index < -0.39 is 0 Å². The second-order valence-corrected chi connectivity index (χ2v) is 4.79. The van der Waals surface area contributed by atoms with Crippen LogP contribution in [-0.4, -0.2) is 18.2 Å². The van der Waals surface area contributed by atoms with Crippen LogP contribution in [0.15, 0.2) is 0 Å². The van der Waals surface area contributed by atoms with E-state index in [1.165, 1.54) is 32.1 Å². The Bertz CT molecular complexity index is 158. The van der Waals surface area contributed by atoms with Crippen LogP contribution in [-0.2, 0) is 0 Å². The smallest absolute Gasteiger partial charge is 0.166 e. The Labute approximate surface area is 100 Å². The van der Waals surface area contributed by atoms with E-state index in [1.54, 1.807) is 0 Å². The molecule has 0 saturated carbocycles. The summed E-state index contributed by atoms with van der Waals surface area (Å²) in [5.41, 5.74) is 0. The fourth-order valence-corrected chi connectivity index (χ4v) is 1.70. The van der Waals surface area contributed by atoms with E-state index in [0.29, 0.717) is 0 Å². The first kappa shape index (κ1) is 14.7. The summed E-state index contributed by atoms with van der Waals surface area (Å²) >= 11 is 5.07. The van der Waals surface area contributed by atoms with E-state index in [-0.39, 0.29) is 0 Å². The van der Waals surface area contributed by atoms with Gasteiger partial charge in [0, 0.05) is 13.1 Å². The van der Waals surface area contributed by atoms with E-state index in [4.69, 9.17) is 12.2 Å². The molecule has 3 heteroatoms. The maximum absolute atomic E-state index is 5.07. The van der Waals surface area contributed by atoms with Gasteiger partial charge in [-0.15, -0.1) is 0 Å². The molecule has 0 aromatic heterocycles. The highest BCUT2D eigenvalue weighted by Crippen LogP contribution is 2.08. The summed E-state index contributed by atoms with van der Waals surface area (Å²) in [6, 6.07) is 0. The van der Waals surface area contributed by atoms with Gasteiger partial charge < -0.3 is 10.6 Å². The molecule has 0 aromatic rings. The molecule has 0 heterocycles. The summed E-state index contributed by atoms with van der Waals surface area (Å²) in [6.07, 6.45) is 6.63. The minimum atomic E-state index is 0.791. The number of rotatable bonds is 8. The molecule has 0 aliphatic rings. The van der Waals surface area contributed by atoms with Crippen LogP contribution in [0.25, 0.3) is 0 Å². The molecule has 0 aliphatic carbocycles. The quantitative estimate of drug-likeness (QED) is 0.495. The lowest BCUT2D eigenvalue weighted by Crippen LogP contribution is -2.35. The molecule has 0 bridgehead atoms. The molecule has 2 N–H and O–H groups in total. The number of unbranched alkanes of at least 4 members (excludes halogenated alkanes) is 3. The lowest BCUT2D eigenvalue weighted by Gasteiger charge is -2.08. The number of nitrogens with one attached hydrogen (secondary N) is 2. The zero-order chi connectivity index (χ0) is 11.5. The van der Waals surface area contributed by atoms with Crippen LogP contribution in [0.2, 0.25) is 0 Å². The van der Waals surface area contributed by atoms with E-state index in [0.717, 1.165) is 24.1 Å². The summed E-state index contributed by atoms with van der Waals surface area (Å²) in [5.74, 6) is 0.851. The lowest BCUT2D eigenvalue weighted by atomic mass is 10.0. The van der Waals surface area contributed by atoms with Crippen molar-refractivity contribution >= 4 is 17.3 Å². The Balaban J connectivity index is 3.08. The van der Waals surface area contributed by atoms with Crippen LogP contribution in [0.4, 0.5) is 0 Å².